The molecule has 2 aliphatic heterocycles. The summed E-state index contributed by atoms with van der Waals surface area (Å²) in [5.41, 5.74) is 0.548. The Bertz CT molecular complexity index is 1040. The number of hydrogen-bond acceptors (Lipinski definition) is 7. The first kappa shape index (κ1) is 24.7. The molecule has 2 saturated heterocycles. The Morgan fingerprint density at radius 2 is 1.66 bits per heavy atom. The van der Waals surface area contributed by atoms with Crippen molar-refractivity contribution in [3.8, 4) is 5.75 Å². The summed E-state index contributed by atoms with van der Waals surface area (Å²) < 4.78 is 92.7. The molecule has 0 spiro atoms. The summed E-state index contributed by atoms with van der Waals surface area (Å²) in [6, 6.07) is 4.16. The van der Waals surface area contributed by atoms with Crippen LogP contribution in [-0.2, 0) is 30.8 Å². The number of rotatable bonds is 5. The molecule has 1 amide bonds. The Labute approximate surface area is 183 Å². The van der Waals surface area contributed by atoms with Gasteiger partial charge in [0.25, 0.3) is 5.91 Å². The van der Waals surface area contributed by atoms with Crippen LogP contribution in [0.2, 0.25) is 0 Å². The van der Waals surface area contributed by atoms with Gasteiger partial charge in [-0.25, -0.2) is 26.6 Å². The van der Waals surface area contributed by atoms with Crippen molar-refractivity contribution in [3.05, 3.63) is 29.8 Å². The van der Waals surface area contributed by atoms with E-state index < -0.39 is 72.7 Å². The second-order valence-corrected chi connectivity index (χ2v) is 12.4. The summed E-state index contributed by atoms with van der Waals surface area (Å²) >= 11 is 0. The van der Waals surface area contributed by atoms with E-state index in [0.29, 0.717) is 0 Å². The molecule has 2 heterocycles. The summed E-state index contributed by atoms with van der Waals surface area (Å²) in [4.78, 5) is 12.3. The highest BCUT2D eigenvalue weighted by Gasteiger charge is 2.56. The Hall–Kier alpha value is -1.90. The number of halogens is 3. The number of ether oxygens (including phenoxy) is 1. The standard InChI is InChI=1S/C18H23F3N2O7S2/c19-18(20,21)13-1-3-14(4-2-13)30-15-5-9-23(10-6-15)32(28,29)17(16(24)22-25)7-11-31(26,27)12-8-17/h1-4,15,25H,5-12H2,(H,22,24). The first-order valence-electron chi connectivity index (χ1n) is 9.79. The Balaban J connectivity index is 1.68. The Kier molecular flexibility index (Phi) is 6.80. The number of piperidine rings is 1. The molecule has 2 fully saturated rings. The predicted molar refractivity (Wildman–Crippen MR) is 106 cm³/mol. The van der Waals surface area contributed by atoms with Crippen LogP contribution in [0.4, 0.5) is 13.2 Å². The van der Waals surface area contributed by atoms with Crippen LogP contribution in [0.25, 0.3) is 0 Å². The predicted octanol–water partition coefficient (Wildman–Crippen LogP) is 1.33. The number of carbonyl (C=O) groups is 1. The minimum atomic E-state index is -4.46. The highest BCUT2D eigenvalue weighted by Crippen LogP contribution is 2.36. The van der Waals surface area contributed by atoms with Crippen LogP contribution in [-0.4, -0.2) is 67.7 Å². The van der Waals surface area contributed by atoms with Crippen molar-refractivity contribution in [3.63, 3.8) is 0 Å². The lowest BCUT2D eigenvalue weighted by molar-refractivity contribution is -0.137. The maximum Gasteiger partial charge on any atom is 0.416 e. The van der Waals surface area contributed by atoms with E-state index in [1.807, 2.05) is 0 Å². The van der Waals surface area contributed by atoms with Crippen molar-refractivity contribution < 1.29 is 44.7 Å². The molecular weight excluding hydrogens is 477 g/mol. The van der Waals surface area contributed by atoms with Gasteiger partial charge < -0.3 is 4.74 Å². The zero-order valence-electron chi connectivity index (χ0n) is 16.8. The van der Waals surface area contributed by atoms with Gasteiger partial charge in [-0.2, -0.15) is 13.2 Å². The summed E-state index contributed by atoms with van der Waals surface area (Å²) in [5.74, 6) is -1.94. The average Bonchev–Trinajstić information content (AvgIpc) is 2.73. The first-order valence-corrected chi connectivity index (χ1v) is 13.1. The zero-order chi connectivity index (χ0) is 23.8. The highest BCUT2D eigenvalue weighted by atomic mass is 32.2. The summed E-state index contributed by atoms with van der Waals surface area (Å²) in [6.45, 7) is -0.0539. The van der Waals surface area contributed by atoms with Gasteiger partial charge in [0.15, 0.2) is 4.75 Å². The second-order valence-electron chi connectivity index (χ2n) is 7.83. The number of alkyl halides is 3. The molecule has 0 atom stereocenters. The van der Waals surface area contributed by atoms with E-state index in [9.17, 15) is 34.8 Å². The van der Waals surface area contributed by atoms with Crippen molar-refractivity contribution in [1.29, 1.82) is 0 Å². The Morgan fingerprint density at radius 1 is 1.12 bits per heavy atom. The molecule has 1 aromatic carbocycles. The second kappa shape index (κ2) is 8.80. The maximum absolute atomic E-state index is 13.3. The number of benzene rings is 1. The molecule has 0 aliphatic carbocycles. The molecule has 0 unspecified atom stereocenters. The van der Waals surface area contributed by atoms with Gasteiger partial charge in [0.2, 0.25) is 10.0 Å². The van der Waals surface area contributed by atoms with Gasteiger partial charge in [-0.1, -0.05) is 0 Å². The number of hydroxylamine groups is 1. The molecule has 3 rings (SSSR count). The number of hydrogen-bond donors (Lipinski definition) is 2. The van der Waals surface area contributed by atoms with Crippen molar-refractivity contribution in [2.24, 2.45) is 0 Å². The third-order valence-electron chi connectivity index (χ3n) is 5.87. The van der Waals surface area contributed by atoms with Crippen LogP contribution in [0.3, 0.4) is 0 Å². The normalized spacial score (nSPS) is 22.2. The van der Waals surface area contributed by atoms with E-state index in [-0.39, 0.29) is 31.7 Å². The third kappa shape index (κ3) is 4.87. The van der Waals surface area contributed by atoms with Gasteiger partial charge >= 0.3 is 6.18 Å². The van der Waals surface area contributed by atoms with Crippen LogP contribution in [0.15, 0.2) is 24.3 Å². The quantitative estimate of drug-likeness (QED) is 0.461. The molecule has 14 heteroatoms. The van der Waals surface area contributed by atoms with Crippen LogP contribution in [0.1, 0.15) is 31.2 Å². The number of carbonyl (C=O) groups excluding carboxylic acids is 1. The largest absolute Gasteiger partial charge is 0.490 e. The number of sulfone groups is 1. The maximum atomic E-state index is 13.3. The summed E-state index contributed by atoms with van der Waals surface area (Å²) in [6.07, 6.45) is -5.41. The molecule has 0 bridgehead atoms. The van der Waals surface area contributed by atoms with E-state index >= 15 is 0 Å². The molecule has 32 heavy (non-hydrogen) atoms. The highest BCUT2D eigenvalue weighted by molar-refractivity contribution is 7.93. The number of sulfonamides is 1. The fraction of sp³-hybridized carbons (Fsp3) is 0.611. The molecule has 1 aromatic rings. The van der Waals surface area contributed by atoms with Gasteiger partial charge in [0.05, 0.1) is 17.1 Å². The van der Waals surface area contributed by atoms with Gasteiger partial charge in [0.1, 0.15) is 21.7 Å². The molecule has 0 aromatic heterocycles. The monoisotopic (exact) mass is 500 g/mol. The SMILES string of the molecule is O=C(NO)C1(S(=O)(=O)N2CCC(Oc3ccc(C(F)(F)F)cc3)CC2)CCS(=O)(=O)CC1. The van der Waals surface area contributed by atoms with Crippen molar-refractivity contribution >= 4 is 25.8 Å². The van der Waals surface area contributed by atoms with E-state index in [4.69, 9.17) is 9.94 Å². The molecule has 0 radical (unpaired) electrons. The lowest BCUT2D eigenvalue weighted by atomic mass is 10.0. The number of nitrogens with zero attached hydrogens (tertiary/aromatic N) is 1. The van der Waals surface area contributed by atoms with E-state index in [1.54, 1.807) is 0 Å². The Morgan fingerprint density at radius 3 is 2.12 bits per heavy atom. The van der Waals surface area contributed by atoms with Gasteiger partial charge in [0, 0.05) is 13.1 Å². The van der Waals surface area contributed by atoms with Gasteiger partial charge in [-0.15, -0.1) is 0 Å². The molecule has 0 saturated carbocycles. The molecule has 2 N–H and O–H groups in total. The zero-order valence-corrected chi connectivity index (χ0v) is 18.5. The summed E-state index contributed by atoms with van der Waals surface area (Å²) in [7, 11) is -7.79. The molecule has 180 valence electrons. The fourth-order valence-corrected chi connectivity index (χ4v) is 7.89. The van der Waals surface area contributed by atoms with Crippen molar-refractivity contribution in [2.45, 2.75) is 42.7 Å². The van der Waals surface area contributed by atoms with Gasteiger partial charge in [-0.3, -0.25) is 10.0 Å². The van der Waals surface area contributed by atoms with E-state index in [2.05, 4.69) is 0 Å². The summed E-state index contributed by atoms with van der Waals surface area (Å²) in [5, 5.41) is 9.10. The van der Waals surface area contributed by atoms with Crippen LogP contribution < -0.4 is 10.2 Å². The minimum Gasteiger partial charge on any atom is -0.490 e. The lowest BCUT2D eigenvalue weighted by Crippen LogP contribution is -2.61. The van der Waals surface area contributed by atoms with E-state index in [0.717, 1.165) is 16.4 Å². The first-order chi connectivity index (χ1) is 14.8. The molecule has 9 nitrogen and oxygen atoms in total. The minimum absolute atomic E-state index is 0.0269. The topological polar surface area (TPSA) is 130 Å². The van der Waals surface area contributed by atoms with Crippen LogP contribution >= 0.6 is 0 Å². The number of amides is 1. The molecule has 2 aliphatic rings. The van der Waals surface area contributed by atoms with Gasteiger partial charge in [-0.05, 0) is 49.9 Å². The fourth-order valence-electron chi connectivity index (χ4n) is 3.92. The van der Waals surface area contributed by atoms with Crippen LogP contribution in [0.5, 0.6) is 5.75 Å². The molecular formula is C18H23F3N2O7S2. The smallest absolute Gasteiger partial charge is 0.416 e. The van der Waals surface area contributed by atoms with Crippen LogP contribution in [0, 0.1) is 0 Å². The van der Waals surface area contributed by atoms with E-state index in [1.165, 1.54) is 17.6 Å². The van der Waals surface area contributed by atoms with Crippen molar-refractivity contribution in [1.82, 2.24) is 9.79 Å². The third-order valence-corrected chi connectivity index (χ3v) is 10.1. The number of nitrogens with one attached hydrogen (secondary N) is 1. The average molecular weight is 501 g/mol. The lowest BCUT2D eigenvalue weighted by Gasteiger charge is -2.40. The van der Waals surface area contributed by atoms with Crippen molar-refractivity contribution in [2.75, 3.05) is 24.6 Å².